The number of aromatic nitrogens is 2. The summed E-state index contributed by atoms with van der Waals surface area (Å²) in [6.45, 7) is 3.49. The molecule has 0 aliphatic carbocycles. The summed E-state index contributed by atoms with van der Waals surface area (Å²) >= 11 is 5.55. The Morgan fingerprint density at radius 2 is 2.31 bits per heavy atom. The number of H-pyrrole nitrogens is 1. The number of nitrogens with zero attached hydrogens (tertiary/aromatic N) is 1. The molecule has 1 atom stereocenters. The summed E-state index contributed by atoms with van der Waals surface area (Å²) in [5, 5.41) is 6.29. The first-order valence-electron chi connectivity index (χ1n) is 5.05. The first-order chi connectivity index (χ1) is 7.47. The van der Waals surface area contributed by atoms with Gasteiger partial charge in [0.05, 0.1) is 11.9 Å². The summed E-state index contributed by atoms with van der Waals surface area (Å²) < 4.78 is 26.4. The van der Waals surface area contributed by atoms with Crippen molar-refractivity contribution in [3.63, 3.8) is 0 Å². The Morgan fingerprint density at radius 1 is 1.62 bits per heavy atom. The van der Waals surface area contributed by atoms with Gasteiger partial charge in [-0.15, -0.1) is 11.6 Å². The van der Waals surface area contributed by atoms with E-state index >= 15 is 0 Å². The molecule has 1 heterocycles. The van der Waals surface area contributed by atoms with E-state index in [4.69, 9.17) is 11.6 Å². The highest BCUT2D eigenvalue weighted by Crippen LogP contribution is 2.12. The maximum Gasteiger partial charge on any atom is 0.244 e. The molecule has 2 N–H and O–H groups in total. The summed E-state index contributed by atoms with van der Waals surface area (Å²) in [5.41, 5.74) is 0.539. The lowest BCUT2D eigenvalue weighted by Crippen LogP contribution is -2.32. The van der Waals surface area contributed by atoms with Gasteiger partial charge in [-0.1, -0.05) is 0 Å². The average molecular weight is 266 g/mol. The normalized spacial score (nSPS) is 13.9. The van der Waals surface area contributed by atoms with Crippen LogP contribution in [0.1, 0.15) is 25.5 Å². The largest absolute Gasteiger partial charge is 0.281 e. The van der Waals surface area contributed by atoms with Gasteiger partial charge in [0, 0.05) is 11.9 Å². The highest BCUT2D eigenvalue weighted by molar-refractivity contribution is 7.89. The second-order valence-corrected chi connectivity index (χ2v) is 5.77. The molecule has 0 aliphatic rings. The highest BCUT2D eigenvalue weighted by atomic mass is 35.5. The summed E-state index contributed by atoms with van der Waals surface area (Å²) in [6.07, 6.45) is 2.82. The third-order valence-corrected chi connectivity index (χ3v) is 4.17. The van der Waals surface area contributed by atoms with Crippen molar-refractivity contribution in [2.75, 3.05) is 5.88 Å². The average Bonchev–Trinajstić information content (AvgIpc) is 2.61. The molecule has 7 heteroatoms. The molecule has 0 aromatic carbocycles. The van der Waals surface area contributed by atoms with E-state index < -0.39 is 10.0 Å². The maximum atomic E-state index is 11.9. The van der Waals surface area contributed by atoms with Gasteiger partial charge in [0.25, 0.3) is 0 Å². The smallest absolute Gasteiger partial charge is 0.244 e. The van der Waals surface area contributed by atoms with E-state index in [2.05, 4.69) is 14.9 Å². The predicted octanol–water partition coefficient (Wildman–Crippen LogP) is 1.40. The number of aryl methyl sites for hydroxylation is 1. The van der Waals surface area contributed by atoms with Gasteiger partial charge in [-0.2, -0.15) is 5.10 Å². The molecule has 0 bridgehead atoms. The lowest BCUT2D eigenvalue weighted by molar-refractivity contribution is 0.544. The molecular weight excluding hydrogens is 250 g/mol. The van der Waals surface area contributed by atoms with Crippen LogP contribution in [0.15, 0.2) is 11.1 Å². The zero-order valence-electron chi connectivity index (χ0n) is 9.33. The van der Waals surface area contributed by atoms with Crippen LogP contribution in [-0.4, -0.2) is 30.5 Å². The van der Waals surface area contributed by atoms with Crippen molar-refractivity contribution in [3.05, 3.63) is 11.9 Å². The van der Waals surface area contributed by atoms with E-state index in [9.17, 15) is 8.42 Å². The van der Waals surface area contributed by atoms with Crippen molar-refractivity contribution in [1.82, 2.24) is 14.9 Å². The van der Waals surface area contributed by atoms with Gasteiger partial charge < -0.3 is 0 Å². The molecule has 0 spiro atoms. The Kier molecular flexibility index (Phi) is 4.76. The number of aromatic amines is 1. The molecule has 1 unspecified atom stereocenters. The van der Waals surface area contributed by atoms with Gasteiger partial charge in [0.2, 0.25) is 10.0 Å². The van der Waals surface area contributed by atoms with Gasteiger partial charge in [0.15, 0.2) is 0 Å². The summed E-state index contributed by atoms with van der Waals surface area (Å²) in [4.78, 5) is 0.199. The zero-order chi connectivity index (χ0) is 12.2. The fourth-order valence-electron chi connectivity index (χ4n) is 1.38. The number of nitrogens with one attached hydrogen (secondary N) is 2. The number of alkyl halides is 1. The third kappa shape index (κ3) is 3.47. The van der Waals surface area contributed by atoms with Crippen LogP contribution in [0.25, 0.3) is 0 Å². The van der Waals surface area contributed by atoms with Gasteiger partial charge in [-0.3, -0.25) is 5.10 Å². The molecule has 92 valence electrons. The van der Waals surface area contributed by atoms with E-state index in [0.29, 0.717) is 11.6 Å². The van der Waals surface area contributed by atoms with Crippen LogP contribution in [0, 0.1) is 6.92 Å². The van der Waals surface area contributed by atoms with Crippen molar-refractivity contribution >= 4 is 21.6 Å². The number of hydrogen-bond acceptors (Lipinski definition) is 3. The first-order valence-corrected chi connectivity index (χ1v) is 7.07. The molecule has 1 aromatic heterocycles. The topological polar surface area (TPSA) is 74.8 Å². The SMILES string of the molecule is Cc1[nH]ncc1S(=O)(=O)NC(C)CCCCl. The molecule has 1 aromatic rings. The molecule has 5 nitrogen and oxygen atoms in total. The van der Waals surface area contributed by atoms with Gasteiger partial charge >= 0.3 is 0 Å². The minimum absolute atomic E-state index is 0.127. The Bertz CT molecular complexity index is 430. The monoisotopic (exact) mass is 265 g/mol. The lowest BCUT2D eigenvalue weighted by atomic mass is 10.2. The molecule has 0 saturated heterocycles. The van der Waals surface area contributed by atoms with Crippen molar-refractivity contribution in [2.45, 2.75) is 37.6 Å². The molecule has 0 fully saturated rings. The fourth-order valence-corrected chi connectivity index (χ4v) is 2.95. The van der Waals surface area contributed by atoms with Crippen LogP contribution < -0.4 is 4.72 Å². The molecule has 0 amide bonds. The van der Waals surface area contributed by atoms with Crippen molar-refractivity contribution < 1.29 is 8.42 Å². The van der Waals surface area contributed by atoms with E-state index in [1.54, 1.807) is 6.92 Å². The summed E-state index contributed by atoms with van der Waals surface area (Å²) in [5.74, 6) is 0.538. The third-order valence-electron chi connectivity index (χ3n) is 2.20. The number of sulfonamides is 1. The standard InChI is InChI=1S/C9H16ClN3O2S/c1-7(4-3-5-10)13-16(14,15)9-6-11-12-8(9)2/h6-7,13H,3-5H2,1-2H3,(H,11,12). The minimum Gasteiger partial charge on any atom is -0.281 e. The molecule has 16 heavy (non-hydrogen) atoms. The van der Waals surface area contributed by atoms with Crippen LogP contribution >= 0.6 is 11.6 Å². The van der Waals surface area contributed by atoms with E-state index in [1.165, 1.54) is 6.20 Å². The van der Waals surface area contributed by atoms with Crippen LogP contribution in [-0.2, 0) is 10.0 Å². The maximum absolute atomic E-state index is 11.9. The molecule has 0 aliphatic heterocycles. The number of hydrogen-bond donors (Lipinski definition) is 2. The Balaban J connectivity index is 2.69. The van der Waals surface area contributed by atoms with Crippen LogP contribution in [0.4, 0.5) is 0 Å². The van der Waals surface area contributed by atoms with E-state index in [0.717, 1.165) is 12.8 Å². The lowest BCUT2D eigenvalue weighted by Gasteiger charge is -2.12. The van der Waals surface area contributed by atoms with Crippen LogP contribution in [0.3, 0.4) is 0 Å². The van der Waals surface area contributed by atoms with E-state index in [1.807, 2.05) is 6.92 Å². The van der Waals surface area contributed by atoms with Gasteiger partial charge in [-0.25, -0.2) is 13.1 Å². The van der Waals surface area contributed by atoms with E-state index in [-0.39, 0.29) is 10.9 Å². The first kappa shape index (κ1) is 13.5. The molecule has 1 rings (SSSR count). The van der Waals surface area contributed by atoms with Crippen LogP contribution in [0.2, 0.25) is 0 Å². The zero-order valence-corrected chi connectivity index (χ0v) is 10.9. The summed E-state index contributed by atoms with van der Waals surface area (Å²) in [6, 6.07) is -0.127. The van der Waals surface area contributed by atoms with Crippen LogP contribution in [0.5, 0.6) is 0 Å². The second kappa shape index (κ2) is 5.65. The Morgan fingerprint density at radius 3 is 2.81 bits per heavy atom. The number of rotatable bonds is 6. The molecular formula is C9H16ClN3O2S. The minimum atomic E-state index is -3.46. The Hall–Kier alpha value is -0.590. The Labute approximate surface area is 101 Å². The highest BCUT2D eigenvalue weighted by Gasteiger charge is 2.20. The molecule has 0 radical (unpaired) electrons. The second-order valence-electron chi connectivity index (χ2n) is 3.71. The fraction of sp³-hybridized carbons (Fsp3) is 0.667. The summed E-state index contributed by atoms with van der Waals surface area (Å²) in [7, 11) is -3.46. The van der Waals surface area contributed by atoms with Crippen molar-refractivity contribution in [3.8, 4) is 0 Å². The van der Waals surface area contributed by atoms with Crippen molar-refractivity contribution in [1.29, 1.82) is 0 Å². The number of halogens is 1. The quantitative estimate of drug-likeness (QED) is 0.764. The van der Waals surface area contributed by atoms with Crippen molar-refractivity contribution in [2.24, 2.45) is 0 Å². The van der Waals surface area contributed by atoms with Gasteiger partial charge in [-0.05, 0) is 26.7 Å². The van der Waals surface area contributed by atoms with Gasteiger partial charge in [0.1, 0.15) is 4.90 Å². The predicted molar refractivity (Wildman–Crippen MR) is 63.1 cm³/mol. The molecule has 0 saturated carbocycles.